The highest BCUT2D eigenvalue weighted by Crippen LogP contribution is 2.40. The van der Waals surface area contributed by atoms with Crippen molar-refractivity contribution in [1.29, 1.82) is 0 Å². The number of nitrogens with two attached hydrogens (primary N) is 1. The molecule has 1 amide bonds. The monoisotopic (exact) mass is 536 g/mol. The van der Waals surface area contributed by atoms with E-state index in [0.717, 1.165) is 16.0 Å². The first kappa shape index (κ1) is 25.9. The molecule has 38 heavy (non-hydrogen) atoms. The number of amides is 1. The third-order valence-electron chi connectivity index (χ3n) is 6.64. The number of hydrogen-bond donors (Lipinski definition) is 1. The van der Waals surface area contributed by atoms with Crippen LogP contribution in [0, 0.1) is 0 Å². The van der Waals surface area contributed by atoms with Gasteiger partial charge in [-0.1, -0.05) is 60.7 Å². The molecular formula is C27H28N4O6S. The van der Waals surface area contributed by atoms with Crippen molar-refractivity contribution in [2.45, 2.75) is 11.8 Å². The molecule has 2 N–H and O–H groups in total. The van der Waals surface area contributed by atoms with Gasteiger partial charge in [0.05, 0.1) is 26.4 Å². The molecule has 2 atom stereocenters. The van der Waals surface area contributed by atoms with E-state index >= 15 is 0 Å². The van der Waals surface area contributed by atoms with Crippen LogP contribution in [0.1, 0.15) is 17.2 Å². The minimum absolute atomic E-state index is 0.0467. The fraction of sp³-hybridized carbons (Fsp3) is 0.259. The number of likely N-dealkylation sites (N-methyl/N-ethyl adjacent to an activating group) is 1. The lowest BCUT2D eigenvalue weighted by Crippen LogP contribution is -2.49. The zero-order chi connectivity index (χ0) is 26.9. The van der Waals surface area contributed by atoms with Gasteiger partial charge in [0.25, 0.3) is 11.6 Å². The van der Waals surface area contributed by atoms with E-state index in [9.17, 15) is 13.2 Å². The predicted molar refractivity (Wildman–Crippen MR) is 141 cm³/mol. The Morgan fingerprint density at radius 3 is 2.42 bits per heavy atom. The third-order valence-corrected chi connectivity index (χ3v) is 8.11. The molecular weight excluding hydrogens is 508 g/mol. The van der Waals surface area contributed by atoms with Crippen molar-refractivity contribution in [2.24, 2.45) is 10.7 Å². The number of morpholine rings is 1. The maximum atomic E-state index is 13.9. The van der Waals surface area contributed by atoms with Crippen LogP contribution in [0.5, 0.6) is 5.75 Å². The molecule has 2 unspecified atom stereocenters. The maximum absolute atomic E-state index is 13.9. The Labute approximate surface area is 221 Å². The summed E-state index contributed by atoms with van der Waals surface area (Å²) >= 11 is 0. The molecule has 3 aromatic rings. The molecule has 0 aliphatic carbocycles. The normalized spacial score (nSPS) is 22.4. The predicted octanol–water partition coefficient (Wildman–Crippen LogP) is 2.64. The number of benzene rings is 3. The first-order valence-corrected chi connectivity index (χ1v) is 13.4. The van der Waals surface area contributed by atoms with Gasteiger partial charge in [0.1, 0.15) is 5.75 Å². The quantitative estimate of drug-likeness (QED) is 0.492. The highest BCUT2D eigenvalue weighted by molar-refractivity contribution is 7.84. The van der Waals surface area contributed by atoms with Gasteiger partial charge in [0.15, 0.2) is 0 Å². The summed E-state index contributed by atoms with van der Waals surface area (Å²) in [6, 6.07) is 22.7. The van der Waals surface area contributed by atoms with Gasteiger partial charge in [-0.05, 0) is 34.9 Å². The van der Waals surface area contributed by atoms with Gasteiger partial charge in [-0.3, -0.25) is 9.69 Å². The van der Waals surface area contributed by atoms with Crippen LogP contribution < -0.4 is 10.5 Å². The van der Waals surface area contributed by atoms with Crippen molar-refractivity contribution >= 4 is 22.2 Å². The lowest BCUT2D eigenvalue weighted by Gasteiger charge is -2.36. The molecule has 198 valence electrons. The average molecular weight is 537 g/mol. The summed E-state index contributed by atoms with van der Waals surface area (Å²) in [5, 5.41) is 0. The molecule has 0 aromatic heterocycles. The number of carbonyl (C=O) groups excluding carboxylic acids is 1. The molecule has 5 rings (SSSR count). The highest BCUT2D eigenvalue weighted by Gasteiger charge is 2.54. The summed E-state index contributed by atoms with van der Waals surface area (Å²) in [5.41, 5.74) is 6.27. The topological polar surface area (TPSA) is 124 Å². The molecule has 2 aliphatic rings. The summed E-state index contributed by atoms with van der Waals surface area (Å²) in [6.07, 6.45) is 0. The van der Waals surface area contributed by atoms with E-state index in [-0.39, 0.29) is 31.3 Å². The minimum Gasteiger partial charge on any atom is -0.497 e. The van der Waals surface area contributed by atoms with Gasteiger partial charge in [-0.25, -0.2) is 9.18 Å². The summed E-state index contributed by atoms with van der Waals surface area (Å²) in [5.74, 6) is -0.218. The summed E-state index contributed by atoms with van der Waals surface area (Å²) < 4.78 is 45.6. The summed E-state index contributed by atoms with van der Waals surface area (Å²) in [4.78, 5) is 18.9. The molecule has 2 heterocycles. The molecule has 10 nitrogen and oxygen atoms in total. The van der Waals surface area contributed by atoms with Gasteiger partial charge in [-0.2, -0.15) is 12.7 Å². The molecule has 1 fully saturated rings. The average Bonchev–Trinajstić information content (AvgIpc) is 3.17. The van der Waals surface area contributed by atoms with Crippen molar-refractivity contribution in [3.05, 3.63) is 90.0 Å². The van der Waals surface area contributed by atoms with E-state index in [1.165, 1.54) is 11.4 Å². The number of carbonyl (C=O) groups is 1. The van der Waals surface area contributed by atoms with Crippen molar-refractivity contribution in [3.8, 4) is 16.9 Å². The van der Waals surface area contributed by atoms with Crippen LogP contribution in [0.25, 0.3) is 11.1 Å². The fourth-order valence-electron chi connectivity index (χ4n) is 4.61. The molecule has 1 saturated heterocycles. The minimum atomic E-state index is -4.52. The van der Waals surface area contributed by atoms with Gasteiger partial charge in [0, 0.05) is 19.2 Å². The number of nitrogens with zero attached hydrogens (tertiary/aromatic N) is 3. The summed E-state index contributed by atoms with van der Waals surface area (Å²) in [6.45, 7) is 0.374. The van der Waals surface area contributed by atoms with Crippen LogP contribution in [-0.4, -0.2) is 63.4 Å². The van der Waals surface area contributed by atoms with Crippen molar-refractivity contribution in [3.63, 3.8) is 0 Å². The Hall–Kier alpha value is -3.77. The second-order valence-electron chi connectivity index (χ2n) is 8.94. The summed E-state index contributed by atoms with van der Waals surface area (Å²) in [7, 11) is -1.52. The second-order valence-corrected chi connectivity index (χ2v) is 10.4. The zero-order valence-corrected chi connectivity index (χ0v) is 21.8. The standard InChI is InChI=1S/C27H28N4O6S/c1-30-25(32)27(29-26(30)28,22-12-6-10-20(16-22)21-11-7-13-23(17-21)35-2)37-38(33,34)31-14-15-36-18-24(31)19-8-4-3-5-9-19/h3-13,16-17,24H,14-15,18H2,1-2H3,(H2,28,29). The molecule has 3 aromatic carbocycles. The molecule has 0 radical (unpaired) electrons. The van der Waals surface area contributed by atoms with Crippen LogP contribution in [0.15, 0.2) is 83.9 Å². The van der Waals surface area contributed by atoms with E-state index in [4.69, 9.17) is 19.4 Å². The van der Waals surface area contributed by atoms with E-state index in [2.05, 4.69) is 4.99 Å². The van der Waals surface area contributed by atoms with Crippen LogP contribution in [-0.2, 0) is 29.7 Å². The van der Waals surface area contributed by atoms with Crippen LogP contribution in [0.2, 0.25) is 0 Å². The fourth-order valence-corrected chi connectivity index (χ4v) is 6.01. The second kappa shape index (κ2) is 10.2. The maximum Gasteiger partial charge on any atom is 0.342 e. The van der Waals surface area contributed by atoms with Gasteiger partial charge >= 0.3 is 10.3 Å². The number of aliphatic imine (C=N–C) groups is 1. The number of rotatable bonds is 7. The highest BCUT2D eigenvalue weighted by atomic mass is 32.2. The van der Waals surface area contributed by atoms with Crippen molar-refractivity contribution in [2.75, 3.05) is 33.9 Å². The Morgan fingerprint density at radius 1 is 1.03 bits per heavy atom. The Morgan fingerprint density at radius 2 is 1.74 bits per heavy atom. The number of ether oxygens (including phenoxy) is 2. The van der Waals surface area contributed by atoms with Crippen LogP contribution >= 0.6 is 0 Å². The molecule has 0 bridgehead atoms. The van der Waals surface area contributed by atoms with Gasteiger partial charge in [-0.15, -0.1) is 0 Å². The van der Waals surface area contributed by atoms with E-state index in [1.54, 1.807) is 25.3 Å². The zero-order valence-electron chi connectivity index (χ0n) is 21.0. The SMILES string of the molecule is COc1cccc(-c2cccc(C3(OS(=O)(=O)N4CCOCC4c4ccccc4)N=C(N)N(C)C3=O)c2)c1. The molecule has 11 heteroatoms. The first-order valence-electron chi connectivity index (χ1n) is 12.0. The number of guanidine groups is 1. The van der Waals surface area contributed by atoms with E-state index in [1.807, 2.05) is 60.7 Å². The number of methoxy groups -OCH3 is 1. The Balaban J connectivity index is 1.58. The lowest BCUT2D eigenvalue weighted by molar-refractivity contribution is -0.141. The van der Waals surface area contributed by atoms with Crippen molar-refractivity contribution in [1.82, 2.24) is 9.21 Å². The third kappa shape index (κ3) is 4.65. The Kier molecular flexibility index (Phi) is 6.93. The van der Waals surface area contributed by atoms with Gasteiger partial charge in [0.2, 0.25) is 5.96 Å². The largest absolute Gasteiger partial charge is 0.497 e. The molecule has 2 aliphatic heterocycles. The van der Waals surface area contributed by atoms with Crippen molar-refractivity contribution < 1.29 is 26.9 Å². The lowest BCUT2D eigenvalue weighted by atomic mass is 9.97. The van der Waals surface area contributed by atoms with Crippen LogP contribution in [0.3, 0.4) is 0 Å². The first-order chi connectivity index (χ1) is 18.2. The smallest absolute Gasteiger partial charge is 0.342 e. The molecule has 0 saturated carbocycles. The van der Waals surface area contributed by atoms with E-state index < -0.39 is 28.0 Å². The molecule has 0 spiro atoms. The van der Waals surface area contributed by atoms with Gasteiger partial charge < -0.3 is 15.2 Å². The Bertz CT molecular complexity index is 1480. The van der Waals surface area contributed by atoms with E-state index in [0.29, 0.717) is 11.3 Å². The van der Waals surface area contributed by atoms with Crippen LogP contribution in [0.4, 0.5) is 0 Å². The number of hydrogen-bond acceptors (Lipinski definition) is 8.